The van der Waals surface area contributed by atoms with Gasteiger partial charge < -0.3 is 14.8 Å². The summed E-state index contributed by atoms with van der Waals surface area (Å²) in [6.45, 7) is 4.10. The van der Waals surface area contributed by atoms with Gasteiger partial charge >= 0.3 is 5.97 Å². The van der Waals surface area contributed by atoms with Crippen molar-refractivity contribution in [1.82, 2.24) is 9.71 Å². The molecule has 20 heavy (non-hydrogen) atoms. The molecule has 0 spiro atoms. The van der Waals surface area contributed by atoms with Crippen molar-refractivity contribution in [3.8, 4) is 0 Å². The maximum Gasteiger partial charge on any atom is 0.352 e. The molecule has 1 saturated heterocycles. The molecular weight excluding hydrogens is 284 g/mol. The van der Waals surface area contributed by atoms with Gasteiger partial charge in [0.15, 0.2) is 0 Å². The smallest absolute Gasteiger partial charge is 0.352 e. The highest BCUT2D eigenvalue weighted by molar-refractivity contribution is 7.89. The number of H-pyrrole nitrogens is 1. The van der Waals surface area contributed by atoms with E-state index in [4.69, 9.17) is 9.84 Å². The molecule has 1 aromatic rings. The van der Waals surface area contributed by atoms with Gasteiger partial charge in [-0.05, 0) is 26.7 Å². The summed E-state index contributed by atoms with van der Waals surface area (Å²) in [5.41, 5.74) is 0.476. The molecule has 0 aliphatic carbocycles. The lowest BCUT2D eigenvalue weighted by molar-refractivity contribution is 0.0690. The maximum atomic E-state index is 12.4. The molecule has 1 aliphatic rings. The molecule has 1 fully saturated rings. The highest BCUT2D eigenvalue weighted by Crippen LogP contribution is 2.24. The van der Waals surface area contributed by atoms with Crippen LogP contribution in [0.15, 0.2) is 4.90 Å². The van der Waals surface area contributed by atoms with E-state index >= 15 is 0 Å². The van der Waals surface area contributed by atoms with Crippen molar-refractivity contribution < 1.29 is 23.1 Å². The van der Waals surface area contributed by atoms with Gasteiger partial charge in [-0.15, -0.1) is 0 Å². The summed E-state index contributed by atoms with van der Waals surface area (Å²) in [4.78, 5) is 13.7. The molecule has 2 rings (SSSR count). The van der Waals surface area contributed by atoms with E-state index in [9.17, 15) is 13.2 Å². The summed E-state index contributed by atoms with van der Waals surface area (Å²) in [7, 11) is -3.73. The van der Waals surface area contributed by atoms with Gasteiger partial charge in [0.2, 0.25) is 10.0 Å². The number of carboxylic acids is 1. The Morgan fingerprint density at radius 1 is 1.35 bits per heavy atom. The predicted molar refractivity (Wildman–Crippen MR) is 71.4 cm³/mol. The molecule has 0 aromatic carbocycles. The number of aromatic carboxylic acids is 1. The number of nitrogens with one attached hydrogen (secondary N) is 2. The van der Waals surface area contributed by atoms with Crippen molar-refractivity contribution in [2.75, 3.05) is 13.2 Å². The molecule has 0 atom stereocenters. The summed E-state index contributed by atoms with van der Waals surface area (Å²) in [6, 6.07) is -0.171. The van der Waals surface area contributed by atoms with E-state index in [0.717, 1.165) is 0 Å². The summed E-state index contributed by atoms with van der Waals surface area (Å²) in [6.07, 6.45) is 1.24. The second kappa shape index (κ2) is 5.55. The molecule has 2 heterocycles. The van der Waals surface area contributed by atoms with Crippen LogP contribution in [-0.4, -0.2) is 43.7 Å². The van der Waals surface area contributed by atoms with Crippen LogP contribution in [0.2, 0.25) is 0 Å². The topological polar surface area (TPSA) is 108 Å². The van der Waals surface area contributed by atoms with Gasteiger partial charge in [-0.25, -0.2) is 17.9 Å². The second-order valence-electron chi connectivity index (χ2n) is 4.89. The summed E-state index contributed by atoms with van der Waals surface area (Å²) in [5, 5.41) is 9.03. The molecule has 0 radical (unpaired) electrons. The molecular formula is C12H18N2O5S. The predicted octanol–water partition coefficient (Wildman–Crippen LogP) is 0.787. The Bertz CT molecular complexity index is 614. The molecule has 0 bridgehead atoms. The van der Waals surface area contributed by atoms with Crippen molar-refractivity contribution in [2.45, 2.75) is 37.6 Å². The fourth-order valence-corrected chi connectivity index (χ4v) is 4.20. The van der Waals surface area contributed by atoms with E-state index in [2.05, 4.69) is 9.71 Å². The zero-order chi connectivity index (χ0) is 14.9. The van der Waals surface area contributed by atoms with Gasteiger partial charge in [-0.2, -0.15) is 0 Å². The quantitative estimate of drug-likeness (QED) is 0.762. The van der Waals surface area contributed by atoms with Crippen LogP contribution in [0.3, 0.4) is 0 Å². The Balaban J connectivity index is 2.31. The van der Waals surface area contributed by atoms with Gasteiger partial charge in [0.05, 0.1) is 0 Å². The maximum absolute atomic E-state index is 12.4. The third kappa shape index (κ3) is 2.87. The van der Waals surface area contributed by atoms with Crippen LogP contribution in [0.25, 0.3) is 0 Å². The fourth-order valence-electron chi connectivity index (χ4n) is 2.44. The van der Waals surface area contributed by atoms with Gasteiger partial charge in [0.1, 0.15) is 10.6 Å². The number of aromatic amines is 1. The molecule has 0 saturated carbocycles. The lowest BCUT2D eigenvalue weighted by Gasteiger charge is -2.23. The van der Waals surface area contributed by atoms with Gasteiger partial charge in [-0.3, -0.25) is 0 Å². The monoisotopic (exact) mass is 302 g/mol. The molecule has 1 aromatic heterocycles. The lowest BCUT2D eigenvalue weighted by Crippen LogP contribution is -2.39. The summed E-state index contributed by atoms with van der Waals surface area (Å²) >= 11 is 0. The zero-order valence-corrected chi connectivity index (χ0v) is 12.2. The SMILES string of the molecule is Cc1[nH]c(C(=O)O)c(C)c1S(=O)(=O)NC1CCOCC1. The Hall–Kier alpha value is -1.38. The number of ether oxygens (including phenoxy) is 1. The molecule has 3 N–H and O–H groups in total. The average molecular weight is 302 g/mol. The normalized spacial score (nSPS) is 17.3. The number of aromatic nitrogens is 1. The van der Waals surface area contributed by atoms with Gasteiger partial charge in [0, 0.05) is 30.5 Å². The van der Waals surface area contributed by atoms with Crippen LogP contribution in [0.1, 0.15) is 34.6 Å². The second-order valence-corrected chi connectivity index (χ2v) is 6.54. The number of hydrogen-bond donors (Lipinski definition) is 3. The zero-order valence-electron chi connectivity index (χ0n) is 11.4. The number of hydrogen-bond acceptors (Lipinski definition) is 4. The molecule has 0 amide bonds. The van der Waals surface area contributed by atoms with Gasteiger partial charge in [-0.1, -0.05) is 0 Å². The van der Waals surface area contributed by atoms with Crippen LogP contribution >= 0.6 is 0 Å². The van der Waals surface area contributed by atoms with E-state index in [1.165, 1.54) is 6.92 Å². The van der Waals surface area contributed by atoms with Crippen LogP contribution in [0.4, 0.5) is 0 Å². The highest BCUT2D eigenvalue weighted by Gasteiger charge is 2.29. The largest absolute Gasteiger partial charge is 0.477 e. The minimum atomic E-state index is -3.73. The van der Waals surface area contributed by atoms with Gasteiger partial charge in [0.25, 0.3) is 0 Å². The lowest BCUT2D eigenvalue weighted by atomic mass is 10.1. The first kappa shape index (κ1) is 15.0. The molecule has 0 unspecified atom stereocenters. The Labute approximate surface area is 117 Å². The van der Waals surface area contributed by atoms with Crippen LogP contribution < -0.4 is 4.72 Å². The van der Waals surface area contributed by atoms with Crippen LogP contribution in [-0.2, 0) is 14.8 Å². The van der Waals surface area contributed by atoms with E-state index in [0.29, 0.717) is 31.7 Å². The van der Waals surface area contributed by atoms with Crippen LogP contribution in [0.5, 0.6) is 0 Å². The first-order chi connectivity index (χ1) is 9.33. The van der Waals surface area contributed by atoms with Crippen molar-refractivity contribution in [1.29, 1.82) is 0 Å². The number of sulfonamides is 1. The molecule has 8 heteroatoms. The van der Waals surface area contributed by atoms with E-state index in [1.54, 1.807) is 6.92 Å². The Morgan fingerprint density at radius 3 is 2.45 bits per heavy atom. The summed E-state index contributed by atoms with van der Waals surface area (Å²) in [5.74, 6) is -1.17. The average Bonchev–Trinajstić information content (AvgIpc) is 2.66. The molecule has 1 aliphatic heterocycles. The highest BCUT2D eigenvalue weighted by atomic mass is 32.2. The molecule has 7 nitrogen and oxygen atoms in total. The third-order valence-corrected chi connectivity index (χ3v) is 5.19. The standard InChI is InChI=1S/C12H18N2O5S/c1-7-10(12(15)16)13-8(2)11(7)20(17,18)14-9-3-5-19-6-4-9/h9,13-14H,3-6H2,1-2H3,(H,15,16). The first-order valence-electron chi connectivity index (χ1n) is 6.35. The van der Waals surface area contributed by atoms with Crippen LogP contribution in [0, 0.1) is 13.8 Å². The van der Waals surface area contributed by atoms with E-state index in [1.807, 2.05) is 0 Å². The number of carbonyl (C=O) groups is 1. The van der Waals surface area contributed by atoms with Crippen molar-refractivity contribution in [2.24, 2.45) is 0 Å². The van der Waals surface area contributed by atoms with Crippen molar-refractivity contribution in [3.63, 3.8) is 0 Å². The third-order valence-electron chi connectivity index (χ3n) is 3.39. The van der Waals surface area contributed by atoms with Crippen molar-refractivity contribution in [3.05, 3.63) is 17.0 Å². The minimum absolute atomic E-state index is 0.0291. The number of rotatable bonds is 4. The van der Waals surface area contributed by atoms with E-state index in [-0.39, 0.29) is 22.2 Å². The number of carboxylic acid groups (broad SMARTS) is 1. The van der Waals surface area contributed by atoms with Crippen molar-refractivity contribution >= 4 is 16.0 Å². The minimum Gasteiger partial charge on any atom is -0.477 e. The fraction of sp³-hybridized carbons (Fsp3) is 0.583. The molecule has 112 valence electrons. The number of aryl methyl sites for hydroxylation is 1. The first-order valence-corrected chi connectivity index (χ1v) is 7.83. The Morgan fingerprint density at radius 2 is 1.95 bits per heavy atom. The van der Waals surface area contributed by atoms with E-state index < -0.39 is 16.0 Å². The summed E-state index contributed by atoms with van der Waals surface area (Å²) < 4.78 is 32.6. The Kier molecular flexibility index (Phi) is 4.17.